The summed E-state index contributed by atoms with van der Waals surface area (Å²) in [6.07, 6.45) is 4.40. The molecular weight excluding hydrogens is 336 g/mol. The van der Waals surface area contributed by atoms with E-state index in [9.17, 15) is 4.79 Å². The van der Waals surface area contributed by atoms with Crippen LogP contribution in [0, 0.1) is 0 Å². The maximum atomic E-state index is 11.9. The molecule has 3 aliphatic rings. The predicted molar refractivity (Wildman–Crippen MR) is 108 cm³/mol. The molecule has 0 atom stereocenters. The van der Waals surface area contributed by atoms with E-state index >= 15 is 0 Å². The number of hydrogen-bond donors (Lipinski definition) is 0. The molecule has 0 spiro atoms. The van der Waals surface area contributed by atoms with Crippen LogP contribution in [0.2, 0.25) is 0 Å². The van der Waals surface area contributed by atoms with Crippen LogP contribution in [0.15, 0.2) is 58.3 Å². The van der Waals surface area contributed by atoms with Crippen molar-refractivity contribution in [2.75, 3.05) is 6.54 Å². The summed E-state index contributed by atoms with van der Waals surface area (Å²) in [5.41, 5.74) is 3.48. The highest BCUT2D eigenvalue weighted by molar-refractivity contribution is 5.88. The number of aromatic nitrogens is 2. The van der Waals surface area contributed by atoms with E-state index in [0.29, 0.717) is 0 Å². The molecule has 1 fully saturated rings. The summed E-state index contributed by atoms with van der Waals surface area (Å²) in [7, 11) is 0. The Morgan fingerprint density at radius 3 is 2.67 bits per heavy atom. The molecule has 136 valence electrons. The standard InChI is InChI=1S/C11H10N2O.C11H12N2/c14-11-8-4-1-2-5-9(8)12-10-6-3-7-13(10)11;1-2-5-10-9(4-1)8-13-7-3-6-11(13)12-10/h1-2,4-5H,3,6-7H2;1-2,4-5H,3,6-8H2. The van der Waals surface area contributed by atoms with Crippen molar-refractivity contribution in [3.63, 3.8) is 0 Å². The Morgan fingerprint density at radius 2 is 1.70 bits per heavy atom. The monoisotopic (exact) mass is 358 g/mol. The van der Waals surface area contributed by atoms with Crippen LogP contribution in [0.3, 0.4) is 0 Å². The lowest BCUT2D eigenvalue weighted by Gasteiger charge is -2.24. The molecule has 0 N–H and O–H groups in total. The molecule has 5 heteroatoms. The van der Waals surface area contributed by atoms with Crippen molar-refractivity contribution in [2.24, 2.45) is 4.99 Å². The molecule has 0 unspecified atom stereocenters. The molecule has 3 aliphatic heterocycles. The van der Waals surface area contributed by atoms with E-state index in [1.807, 2.05) is 24.3 Å². The van der Waals surface area contributed by atoms with Gasteiger partial charge in [0.1, 0.15) is 11.7 Å². The first-order valence-electron chi connectivity index (χ1n) is 9.68. The Kier molecular flexibility index (Phi) is 4.00. The van der Waals surface area contributed by atoms with E-state index in [1.54, 1.807) is 4.57 Å². The van der Waals surface area contributed by atoms with Crippen molar-refractivity contribution in [2.45, 2.75) is 38.8 Å². The molecule has 2 aromatic carbocycles. The zero-order chi connectivity index (χ0) is 18.2. The smallest absolute Gasteiger partial charge is 0.261 e. The van der Waals surface area contributed by atoms with Gasteiger partial charge in [0.05, 0.1) is 16.6 Å². The van der Waals surface area contributed by atoms with Gasteiger partial charge in [0.15, 0.2) is 0 Å². The predicted octanol–water partition coefficient (Wildman–Crippen LogP) is 3.67. The Labute approximate surface area is 158 Å². The third-order valence-corrected chi connectivity index (χ3v) is 5.52. The van der Waals surface area contributed by atoms with Gasteiger partial charge in [-0.05, 0) is 36.6 Å². The molecule has 6 rings (SSSR count). The number of aryl methyl sites for hydroxylation is 1. The van der Waals surface area contributed by atoms with Gasteiger partial charge in [-0.2, -0.15) is 0 Å². The van der Waals surface area contributed by atoms with E-state index in [-0.39, 0.29) is 5.56 Å². The fraction of sp³-hybridized carbons (Fsp3) is 0.318. The van der Waals surface area contributed by atoms with E-state index in [1.165, 1.54) is 30.1 Å². The van der Waals surface area contributed by atoms with Crippen LogP contribution in [-0.4, -0.2) is 26.8 Å². The maximum absolute atomic E-state index is 11.9. The van der Waals surface area contributed by atoms with Gasteiger partial charge in [-0.3, -0.25) is 9.36 Å². The number of nitrogens with zero attached hydrogens (tertiary/aromatic N) is 4. The zero-order valence-corrected chi connectivity index (χ0v) is 15.3. The normalized spacial score (nSPS) is 16.9. The van der Waals surface area contributed by atoms with Crippen LogP contribution in [-0.2, 0) is 19.5 Å². The van der Waals surface area contributed by atoms with Gasteiger partial charge in [-0.15, -0.1) is 0 Å². The second-order valence-electron chi connectivity index (χ2n) is 7.29. The van der Waals surface area contributed by atoms with Gasteiger partial charge >= 0.3 is 0 Å². The van der Waals surface area contributed by atoms with Gasteiger partial charge in [0.2, 0.25) is 0 Å². The first-order chi connectivity index (χ1) is 13.3. The van der Waals surface area contributed by atoms with E-state index < -0.39 is 0 Å². The SMILES string of the molecule is O=c1c2ccccc2nc2n1CCC2.c1ccc2c(c1)CN1CCCC1=N2. The van der Waals surface area contributed by atoms with Crippen molar-refractivity contribution < 1.29 is 0 Å². The fourth-order valence-electron chi connectivity index (χ4n) is 4.14. The minimum atomic E-state index is 0.114. The van der Waals surface area contributed by atoms with Crippen molar-refractivity contribution in [3.05, 3.63) is 70.3 Å². The van der Waals surface area contributed by atoms with E-state index in [4.69, 9.17) is 0 Å². The lowest BCUT2D eigenvalue weighted by atomic mass is 10.1. The van der Waals surface area contributed by atoms with Crippen LogP contribution in [0.5, 0.6) is 0 Å². The second-order valence-corrected chi connectivity index (χ2v) is 7.29. The third kappa shape index (κ3) is 2.93. The number of rotatable bonds is 0. The van der Waals surface area contributed by atoms with Gasteiger partial charge in [0, 0.05) is 32.5 Å². The van der Waals surface area contributed by atoms with Crippen LogP contribution in [0.4, 0.5) is 5.69 Å². The molecule has 27 heavy (non-hydrogen) atoms. The molecule has 0 bridgehead atoms. The average molecular weight is 358 g/mol. The molecule has 5 nitrogen and oxygen atoms in total. The fourth-order valence-corrected chi connectivity index (χ4v) is 4.14. The molecule has 0 aliphatic carbocycles. The molecular formula is C22H22N4O. The van der Waals surface area contributed by atoms with E-state index in [2.05, 4.69) is 39.1 Å². The zero-order valence-electron chi connectivity index (χ0n) is 15.3. The van der Waals surface area contributed by atoms with Gasteiger partial charge in [0.25, 0.3) is 5.56 Å². The Balaban J connectivity index is 0.000000119. The highest BCUT2D eigenvalue weighted by Gasteiger charge is 2.23. The average Bonchev–Trinajstić information content (AvgIpc) is 3.36. The number of fused-ring (bicyclic) bond motifs is 4. The minimum Gasteiger partial charge on any atom is -0.356 e. The minimum absolute atomic E-state index is 0.114. The lowest BCUT2D eigenvalue weighted by Crippen LogP contribution is -2.26. The van der Waals surface area contributed by atoms with Crippen molar-refractivity contribution in [3.8, 4) is 0 Å². The topological polar surface area (TPSA) is 50.5 Å². The van der Waals surface area contributed by atoms with E-state index in [0.717, 1.165) is 49.1 Å². The van der Waals surface area contributed by atoms with Gasteiger partial charge in [-0.1, -0.05) is 30.3 Å². The first kappa shape index (κ1) is 16.2. The number of benzene rings is 2. The van der Waals surface area contributed by atoms with Crippen LogP contribution in [0.25, 0.3) is 10.9 Å². The summed E-state index contributed by atoms with van der Waals surface area (Å²) in [4.78, 5) is 23.5. The van der Waals surface area contributed by atoms with Gasteiger partial charge in [-0.25, -0.2) is 9.98 Å². The molecule has 3 aromatic rings. The summed E-state index contributed by atoms with van der Waals surface area (Å²) >= 11 is 0. The van der Waals surface area contributed by atoms with Crippen LogP contribution >= 0.6 is 0 Å². The summed E-state index contributed by atoms with van der Waals surface area (Å²) < 4.78 is 1.79. The van der Waals surface area contributed by atoms with Crippen molar-refractivity contribution in [1.82, 2.24) is 14.5 Å². The number of aliphatic imine (C=N–C) groups is 1. The Morgan fingerprint density at radius 1 is 0.889 bits per heavy atom. The summed E-state index contributed by atoms with van der Waals surface area (Å²) in [6.45, 7) is 3.08. The maximum Gasteiger partial charge on any atom is 0.261 e. The van der Waals surface area contributed by atoms with Crippen LogP contribution in [0.1, 0.15) is 30.7 Å². The molecule has 4 heterocycles. The number of hydrogen-bond acceptors (Lipinski definition) is 4. The molecule has 0 saturated carbocycles. The summed E-state index contributed by atoms with van der Waals surface area (Å²) in [5, 5.41) is 0.734. The summed E-state index contributed by atoms with van der Waals surface area (Å²) in [5.74, 6) is 2.23. The number of para-hydroxylation sites is 2. The van der Waals surface area contributed by atoms with Crippen LogP contribution < -0.4 is 5.56 Å². The third-order valence-electron chi connectivity index (χ3n) is 5.52. The second kappa shape index (κ2) is 6.65. The largest absolute Gasteiger partial charge is 0.356 e. The first-order valence-corrected chi connectivity index (χ1v) is 9.68. The molecule has 1 saturated heterocycles. The van der Waals surface area contributed by atoms with Crippen molar-refractivity contribution >= 4 is 22.4 Å². The molecule has 0 amide bonds. The molecule has 0 radical (unpaired) electrons. The Hall–Kier alpha value is -2.95. The van der Waals surface area contributed by atoms with Gasteiger partial charge < -0.3 is 4.90 Å². The number of amidine groups is 1. The quantitative estimate of drug-likeness (QED) is 0.616. The molecule has 1 aromatic heterocycles. The highest BCUT2D eigenvalue weighted by atomic mass is 16.1. The summed E-state index contributed by atoms with van der Waals surface area (Å²) in [6, 6.07) is 16.0. The lowest BCUT2D eigenvalue weighted by molar-refractivity contribution is 0.443. The Bertz CT molecular complexity index is 1100. The van der Waals surface area contributed by atoms with Crippen molar-refractivity contribution in [1.29, 1.82) is 0 Å². The highest BCUT2D eigenvalue weighted by Crippen LogP contribution is 2.29.